The fourth-order valence-corrected chi connectivity index (χ4v) is 4.64. The van der Waals surface area contributed by atoms with Crippen LogP contribution in [-0.4, -0.2) is 29.9 Å². The minimum Gasteiger partial charge on any atom is -0.493 e. The van der Waals surface area contributed by atoms with Crippen molar-refractivity contribution in [2.75, 3.05) is 18.5 Å². The van der Waals surface area contributed by atoms with Gasteiger partial charge in [0.1, 0.15) is 5.75 Å². The topological polar surface area (TPSA) is 80.3 Å². The smallest absolute Gasteiger partial charge is 0.255 e. The SMILES string of the molecule is CCCC1CCc2nc(NC(=O)CNC(=O)c3ccccc3OCC)sc2C1. The lowest BCUT2D eigenvalue weighted by Crippen LogP contribution is -2.33. The Morgan fingerprint density at radius 1 is 1.29 bits per heavy atom. The quantitative estimate of drug-likeness (QED) is 0.705. The molecule has 0 saturated carbocycles. The molecule has 1 heterocycles. The van der Waals surface area contributed by atoms with Crippen molar-refractivity contribution >= 4 is 28.3 Å². The molecule has 0 saturated heterocycles. The van der Waals surface area contributed by atoms with Gasteiger partial charge in [-0.2, -0.15) is 0 Å². The summed E-state index contributed by atoms with van der Waals surface area (Å²) in [6.07, 6.45) is 5.66. The maximum Gasteiger partial charge on any atom is 0.255 e. The maximum atomic E-state index is 12.4. The molecule has 2 aromatic rings. The molecule has 0 bridgehead atoms. The van der Waals surface area contributed by atoms with E-state index in [1.54, 1.807) is 29.5 Å². The van der Waals surface area contributed by atoms with Crippen molar-refractivity contribution < 1.29 is 14.3 Å². The Morgan fingerprint density at radius 2 is 2.11 bits per heavy atom. The Kier molecular flexibility index (Phi) is 7.03. The van der Waals surface area contributed by atoms with Crippen LogP contribution in [0.1, 0.15) is 54.0 Å². The highest BCUT2D eigenvalue weighted by molar-refractivity contribution is 7.15. The minimum absolute atomic E-state index is 0.109. The highest BCUT2D eigenvalue weighted by Crippen LogP contribution is 2.34. The van der Waals surface area contributed by atoms with Crippen LogP contribution in [0, 0.1) is 5.92 Å². The summed E-state index contributed by atoms with van der Waals surface area (Å²) in [7, 11) is 0. The average Bonchev–Trinajstić information content (AvgIpc) is 3.08. The maximum absolute atomic E-state index is 12.4. The van der Waals surface area contributed by atoms with Crippen LogP contribution in [0.5, 0.6) is 5.75 Å². The highest BCUT2D eigenvalue weighted by atomic mass is 32.1. The van der Waals surface area contributed by atoms with Crippen LogP contribution in [0.4, 0.5) is 5.13 Å². The summed E-state index contributed by atoms with van der Waals surface area (Å²) in [6.45, 7) is 4.44. The van der Waals surface area contributed by atoms with Crippen molar-refractivity contribution in [3.05, 3.63) is 40.4 Å². The van der Waals surface area contributed by atoms with Crippen molar-refractivity contribution in [3.63, 3.8) is 0 Å². The molecule has 1 aliphatic rings. The molecule has 2 N–H and O–H groups in total. The van der Waals surface area contributed by atoms with Crippen molar-refractivity contribution in [3.8, 4) is 5.75 Å². The first-order valence-electron chi connectivity index (χ1n) is 9.89. The molecular formula is C21H27N3O3S. The number of rotatable bonds is 8. The molecule has 1 aromatic carbocycles. The largest absolute Gasteiger partial charge is 0.493 e. The number of anilines is 1. The van der Waals surface area contributed by atoms with Gasteiger partial charge in [0.2, 0.25) is 5.91 Å². The lowest BCUT2D eigenvalue weighted by Gasteiger charge is -2.19. The average molecular weight is 402 g/mol. The van der Waals surface area contributed by atoms with E-state index in [4.69, 9.17) is 4.74 Å². The summed E-state index contributed by atoms with van der Waals surface area (Å²) >= 11 is 1.56. The Balaban J connectivity index is 1.53. The van der Waals surface area contributed by atoms with Crippen LogP contribution in [0.25, 0.3) is 0 Å². The number of para-hydroxylation sites is 1. The third-order valence-electron chi connectivity index (χ3n) is 4.83. The van der Waals surface area contributed by atoms with Gasteiger partial charge in [-0.25, -0.2) is 4.98 Å². The Hall–Kier alpha value is -2.41. The van der Waals surface area contributed by atoms with Gasteiger partial charge in [-0.3, -0.25) is 9.59 Å². The zero-order chi connectivity index (χ0) is 19.9. The van der Waals surface area contributed by atoms with Gasteiger partial charge < -0.3 is 15.4 Å². The van der Waals surface area contributed by atoms with Crippen molar-refractivity contribution in [2.24, 2.45) is 5.92 Å². The van der Waals surface area contributed by atoms with Crippen LogP contribution in [-0.2, 0) is 17.6 Å². The molecular weight excluding hydrogens is 374 g/mol. The van der Waals surface area contributed by atoms with Crippen LogP contribution in [0.15, 0.2) is 24.3 Å². The molecule has 0 aliphatic heterocycles. The number of nitrogens with zero attached hydrogens (tertiary/aromatic N) is 1. The van der Waals surface area contributed by atoms with Gasteiger partial charge in [0, 0.05) is 4.88 Å². The third-order valence-corrected chi connectivity index (χ3v) is 5.86. The first kappa shape index (κ1) is 20.3. The van der Waals surface area contributed by atoms with Gasteiger partial charge in [-0.15, -0.1) is 11.3 Å². The van der Waals surface area contributed by atoms with E-state index in [0.717, 1.165) is 24.5 Å². The fraction of sp³-hybridized carbons (Fsp3) is 0.476. The van der Waals surface area contributed by atoms with Gasteiger partial charge >= 0.3 is 0 Å². The van der Waals surface area contributed by atoms with Gasteiger partial charge in [0.25, 0.3) is 5.91 Å². The number of aryl methyl sites for hydroxylation is 1. The van der Waals surface area contributed by atoms with Crippen LogP contribution < -0.4 is 15.4 Å². The van der Waals surface area contributed by atoms with Crippen molar-refractivity contribution in [1.29, 1.82) is 0 Å². The van der Waals surface area contributed by atoms with Crippen LogP contribution >= 0.6 is 11.3 Å². The van der Waals surface area contributed by atoms with E-state index in [1.807, 2.05) is 13.0 Å². The summed E-state index contributed by atoms with van der Waals surface area (Å²) in [5.74, 6) is 0.627. The van der Waals surface area contributed by atoms with Crippen molar-refractivity contribution in [1.82, 2.24) is 10.3 Å². The number of carbonyl (C=O) groups excluding carboxylic acids is 2. The standard InChI is InChI=1S/C21H27N3O3S/c1-3-7-14-10-11-16-18(12-14)28-21(23-16)24-19(25)13-22-20(26)15-8-5-6-9-17(15)27-4-2/h5-6,8-9,14H,3-4,7,10-13H2,1-2H3,(H,22,26)(H,23,24,25). The molecule has 150 valence electrons. The summed E-state index contributed by atoms with van der Waals surface area (Å²) in [5.41, 5.74) is 1.53. The number of nitrogens with one attached hydrogen (secondary N) is 2. The van der Waals surface area contributed by atoms with E-state index in [0.29, 0.717) is 23.1 Å². The molecule has 28 heavy (non-hydrogen) atoms. The zero-order valence-electron chi connectivity index (χ0n) is 16.4. The van der Waals surface area contributed by atoms with E-state index in [9.17, 15) is 9.59 Å². The lowest BCUT2D eigenvalue weighted by molar-refractivity contribution is -0.115. The molecule has 2 amide bonds. The molecule has 0 fully saturated rings. The van der Waals surface area contributed by atoms with E-state index in [-0.39, 0.29) is 18.4 Å². The van der Waals surface area contributed by atoms with Gasteiger partial charge in [-0.1, -0.05) is 31.9 Å². The number of hydrogen-bond donors (Lipinski definition) is 2. The second-order valence-electron chi connectivity index (χ2n) is 6.95. The number of benzene rings is 1. The predicted octanol–water partition coefficient (Wildman–Crippen LogP) is 3.82. The number of thiazole rings is 1. The van der Waals surface area contributed by atoms with E-state index in [1.165, 1.54) is 24.1 Å². The first-order chi connectivity index (χ1) is 13.6. The number of ether oxygens (including phenoxy) is 1. The first-order valence-corrected chi connectivity index (χ1v) is 10.7. The summed E-state index contributed by atoms with van der Waals surface area (Å²) in [4.78, 5) is 30.5. The van der Waals surface area contributed by atoms with E-state index in [2.05, 4.69) is 22.5 Å². The lowest BCUT2D eigenvalue weighted by atomic mass is 9.88. The summed E-state index contributed by atoms with van der Waals surface area (Å²) in [6, 6.07) is 7.00. The van der Waals surface area contributed by atoms with Gasteiger partial charge in [0.15, 0.2) is 5.13 Å². The van der Waals surface area contributed by atoms with Crippen molar-refractivity contribution in [2.45, 2.75) is 46.0 Å². The molecule has 1 atom stereocenters. The molecule has 0 spiro atoms. The van der Waals surface area contributed by atoms with E-state index >= 15 is 0 Å². The summed E-state index contributed by atoms with van der Waals surface area (Å²) in [5, 5.41) is 6.09. The number of hydrogen-bond acceptors (Lipinski definition) is 5. The van der Waals surface area contributed by atoms with Gasteiger partial charge in [-0.05, 0) is 44.2 Å². The Labute approximate surface area is 169 Å². The Bertz CT molecular complexity index is 834. The second-order valence-corrected chi connectivity index (χ2v) is 8.03. The molecule has 1 aliphatic carbocycles. The number of aromatic nitrogens is 1. The van der Waals surface area contributed by atoms with Crippen LogP contribution in [0.3, 0.4) is 0 Å². The van der Waals surface area contributed by atoms with E-state index < -0.39 is 0 Å². The Morgan fingerprint density at radius 3 is 2.89 bits per heavy atom. The monoisotopic (exact) mass is 401 g/mol. The number of fused-ring (bicyclic) bond motifs is 1. The fourth-order valence-electron chi connectivity index (χ4n) is 3.51. The molecule has 0 radical (unpaired) electrons. The summed E-state index contributed by atoms with van der Waals surface area (Å²) < 4.78 is 5.46. The third kappa shape index (κ3) is 5.10. The molecule has 1 aromatic heterocycles. The molecule has 7 heteroatoms. The normalized spacial score (nSPS) is 15.6. The second kappa shape index (κ2) is 9.68. The highest BCUT2D eigenvalue weighted by Gasteiger charge is 2.22. The van der Waals surface area contributed by atoms with Gasteiger partial charge in [0.05, 0.1) is 24.4 Å². The molecule has 1 unspecified atom stereocenters. The molecule has 6 nitrogen and oxygen atoms in total. The predicted molar refractivity (Wildman–Crippen MR) is 111 cm³/mol. The minimum atomic E-state index is -0.333. The number of amides is 2. The molecule has 3 rings (SSSR count). The van der Waals surface area contributed by atoms with Crippen LogP contribution in [0.2, 0.25) is 0 Å². The number of carbonyl (C=O) groups is 2. The zero-order valence-corrected chi connectivity index (χ0v) is 17.2.